The molecule has 34 heavy (non-hydrogen) atoms. The van der Waals surface area contributed by atoms with Crippen molar-refractivity contribution in [1.82, 2.24) is 29.5 Å². The number of nitriles is 1. The third-order valence-electron chi connectivity index (χ3n) is 5.51. The van der Waals surface area contributed by atoms with Crippen LogP contribution in [0.5, 0.6) is 5.75 Å². The summed E-state index contributed by atoms with van der Waals surface area (Å²) < 4.78 is 7.50. The number of nitrogens with zero attached hydrogens (tertiary/aromatic N) is 7. The Bertz CT molecular complexity index is 1450. The number of hydrogen-bond acceptors (Lipinski definition) is 9. The van der Waals surface area contributed by atoms with Crippen LogP contribution in [0, 0.1) is 11.3 Å². The molecule has 2 atom stereocenters. The van der Waals surface area contributed by atoms with Crippen LogP contribution in [-0.4, -0.2) is 40.5 Å². The van der Waals surface area contributed by atoms with Crippen molar-refractivity contribution in [3.8, 4) is 11.8 Å². The van der Waals surface area contributed by atoms with E-state index < -0.39 is 34.7 Å². The van der Waals surface area contributed by atoms with Crippen molar-refractivity contribution in [2.45, 2.75) is 18.8 Å². The van der Waals surface area contributed by atoms with Crippen LogP contribution in [0.4, 0.5) is 5.69 Å². The first-order valence-corrected chi connectivity index (χ1v) is 10.1. The third-order valence-corrected chi connectivity index (χ3v) is 5.51. The van der Waals surface area contributed by atoms with Gasteiger partial charge < -0.3 is 14.9 Å². The molecule has 0 radical (unpaired) electrons. The van der Waals surface area contributed by atoms with Crippen molar-refractivity contribution in [3.05, 3.63) is 81.9 Å². The highest BCUT2D eigenvalue weighted by molar-refractivity contribution is 6.04. The molecule has 172 valence electrons. The normalized spacial score (nSPS) is 12.6. The molecule has 0 saturated carbocycles. The number of rotatable bonds is 6. The van der Waals surface area contributed by atoms with Gasteiger partial charge in [0, 0.05) is 44.5 Å². The first-order chi connectivity index (χ1) is 16.3. The van der Waals surface area contributed by atoms with Crippen molar-refractivity contribution in [2.75, 3.05) is 5.32 Å². The zero-order valence-corrected chi connectivity index (χ0v) is 18.5. The summed E-state index contributed by atoms with van der Waals surface area (Å²) in [5.74, 6) is -2.33. The fourth-order valence-corrected chi connectivity index (χ4v) is 3.89. The van der Waals surface area contributed by atoms with E-state index in [4.69, 9.17) is 0 Å². The molecule has 4 rings (SSSR count). The lowest BCUT2D eigenvalue weighted by atomic mass is 9.81. The number of aromatic hydroxyl groups is 1. The largest absolute Gasteiger partial charge is 0.501 e. The molecular formula is C22H20N8O4. The van der Waals surface area contributed by atoms with Crippen LogP contribution >= 0.6 is 0 Å². The van der Waals surface area contributed by atoms with Gasteiger partial charge in [-0.3, -0.25) is 23.8 Å². The standard InChI is InChI=1S/C22H20N8O4/c1-12(17(14-8-25-29(2)10-14)16-4-5-24-7-13(16)6-23)20-28-18(19(31)22(33)30(20)3)21(32)27-15-9-26-34-11-15/h4-5,7-12,17,31H,1-3H3,(H,27,32)/t12-,17-/m0/s1. The number of amides is 1. The Morgan fingerprint density at radius 2 is 2.09 bits per heavy atom. The number of nitrogens with one attached hydrogen (secondary N) is 1. The van der Waals surface area contributed by atoms with Gasteiger partial charge in [-0.15, -0.1) is 0 Å². The summed E-state index contributed by atoms with van der Waals surface area (Å²) in [6, 6.07) is 3.88. The van der Waals surface area contributed by atoms with Gasteiger partial charge in [-0.05, 0) is 17.2 Å². The predicted molar refractivity (Wildman–Crippen MR) is 118 cm³/mol. The van der Waals surface area contributed by atoms with E-state index in [1.807, 2.05) is 6.92 Å². The molecule has 4 heterocycles. The van der Waals surface area contributed by atoms with Crippen LogP contribution in [0.1, 0.15) is 51.8 Å². The zero-order valence-electron chi connectivity index (χ0n) is 18.5. The molecule has 4 aromatic heterocycles. The van der Waals surface area contributed by atoms with Gasteiger partial charge in [0.1, 0.15) is 23.8 Å². The Kier molecular flexibility index (Phi) is 5.92. The summed E-state index contributed by atoms with van der Waals surface area (Å²) in [4.78, 5) is 34.0. The van der Waals surface area contributed by atoms with Crippen molar-refractivity contribution in [1.29, 1.82) is 5.26 Å². The monoisotopic (exact) mass is 460 g/mol. The number of hydrogen-bond donors (Lipinski definition) is 2. The minimum absolute atomic E-state index is 0.229. The molecule has 2 N–H and O–H groups in total. The van der Waals surface area contributed by atoms with Crippen molar-refractivity contribution < 1.29 is 14.4 Å². The van der Waals surface area contributed by atoms with E-state index in [1.54, 1.807) is 36.4 Å². The Labute approximate surface area is 193 Å². The quantitative estimate of drug-likeness (QED) is 0.435. The molecule has 0 bridgehead atoms. The van der Waals surface area contributed by atoms with Crippen molar-refractivity contribution in [3.63, 3.8) is 0 Å². The maximum atomic E-state index is 12.8. The summed E-state index contributed by atoms with van der Waals surface area (Å²) in [6.45, 7) is 1.82. The van der Waals surface area contributed by atoms with Crippen molar-refractivity contribution in [2.24, 2.45) is 14.1 Å². The lowest BCUT2D eigenvalue weighted by Crippen LogP contribution is -2.29. The second kappa shape index (κ2) is 8.99. The molecular weight excluding hydrogens is 440 g/mol. The summed E-state index contributed by atoms with van der Waals surface area (Å²) in [6.07, 6.45) is 8.98. The van der Waals surface area contributed by atoms with E-state index in [-0.39, 0.29) is 11.5 Å². The second-order valence-corrected chi connectivity index (χ2v) is 7.69. The van der Waals surface area contributed by atoms with E-state index in [0.717, 1.165) is 5.56 Å². The van der Waals surface area contributed by atoms with Crippen molar-refractivity contribution >= 4 is 11.6 Å². The van der Waals surface area contributed by atoms with Crippen LogP contribution in [0.3, 0.4) is 0 Å². The van der Waals surface area contributed by atoms with Gasteiger partial charge in [0.2, 0.25) is 5.75 Å². The summed E-state index contributed by atoms with van der Waals surface area (Å²) in [5.41, 5.74) is 0.813. The average Bonchev–Trinajstić information content (AvgIpc) is 3.50. The van der Waals surface area contributed by atoms with Crippen LogP contribution in [0.2, 0.25) is 0 Å². The molecule has 12 nitrogen and oxygen atoms in total. The number of anilines is 1. The smallest absolute Gasteiger partial charge is 0.296 e. The van der Waals surface area contributed by atoms with Crippen LogP contribution in [0.25, 0.3) is 0 Å². The number of aryl methyl sites for hydroxylation is 1. The van der Waals surface area contributed by atoms with E-state index in [0.29, 0.717) is 11.1 Å². The summed E-state index contributed by atoms with van der Waals surface area (Å²) >= 11 is 0. The summed E-state index contributed by atoms with van der Waals surface area (Å²) in [5, 5.41) is 30.3. The Balaban J connectivity index is 1.85. The van der Waals surface area contributed by atoms with Gasteiger partial charge in [0.25, 0.3) is 11.5 Å². The van der Waals surface area contributed by atoms with Crippen LogP contribution in [-0.2, 0) is 14.1 Å². The molecule has 12 heteroatoms. The number of carbonyl (C=O) groups is 1. The molecule has 0 aliphatic heterocycles. The number of carbonyl (C=O) groups excluding carboxylic acids is 1. The van der Waals surface area contributed by atoms with Gasteiger partial charge in [0.15, 0.2) is 5.69 Å². The third kappa shape index (κ3) is 4.02. The van der Waals surface area contributed by atoms with E-state index in [1.165, 1.54) is 30.3 Å². The van der Waals surface area contributed by atoms with Gasteiger partial charge in [-0.2, -0.15) is 10.4 Å². The molecule has 0 unspecified atom stereocenters. The molecule has 0 aliphatic rings. The highest BCUT2D eigenvalue weighted by Gasteiger charge is 2.31. The Morgan fingerprint density at radius 3 is 2.74 bits per heavy atom. The minimum atomic E-state index is -0.800. The maximum absolute atomic E-state index is 12.8. The lowest BCUT2D eigenvalue weighted by Gasteiger charge is -2.25. The molecule has 4 aromatic rings. The Hall–Kier alpha value is -4.79. The highest BCUT2D eigenvalue weighted by atomic mass is 16.5. The molecule has 1 amide bonds. The molecule has 0 aliphatic carbocycles. The number of pyridine rings is 1. The summed E-state index contributed by atoms with van der Waals surface area (Å²) in [7, 11) is 3.23. The van der Waals surface area contributed by atoms with Gasteiger partial charge in [-0.25, -0.2) is 4.98 Å². The SMILES string of the molecule is C[C@H](c1nc(C(=O)Nc2cnoc2)c(O)c(=O)n1C)[C@@H](c1cnn(C)c1)c1ccncc1C#N. The lowest BCUT2D eigenvalue weighted by molar-refractivity contribution is 0.101. The second-order valence-electron chi connectivity index (χ2n) is 7.69. The van der Waals surface area contributed by atoms with Gasteiger partial charge in [0.05, 0.1) is 18.0 Å². The molecule has 0 saturated heterocycles. The maximum Gasteiger partial charge on any atom is 0.296 e. The van der Waals surface area contributed by atoms with Crippen LogP contribution in [0.15, 0.2) is 52.6 Å². The van der Waals surface area contributed by atoms with E-state index in [9.17, 15) is 20.0 Å². The topological polar surface area (TPSA) is 165 Å². The van der Waals surface area contributed by atoms with Gasteiger partial charge in [-0.1, -0.05) is 12.1 Å². The van der Waals surface area contributed by atoms with E-state index >= 15 is 0 Å². The predicted octanol–water partition coefficient (Wildman–Crippen LogP) is 1.66. The molecule has 0 aromatic carbocycles. The fourth-order valence-electron chi connectivity index (χ4n) is 3.89. The first-order valence-electron chi connectivity index (χ1n) is 10.1. The molecule has 0 fully saturated rings. The number of aromatic nitrogens is 6. The Morgan fingerprint density at radius 1 is 1.29 bits per heavy atom. The van der Waals surface area contributed by atoms with Crippen LogP contribution < -0.4 is 10.9 Å². The highest BCUT2D eigenvalue weighted by Crippen LogP contribution is 2.38. The van der Waals surface area contributed by atoms with Gasteiger partial charge >= 0.3 is 0 Å². The zero-order chi connectivity index (χ0) is 24.4. The van der Waals surface area contributed by atoms with E-state index in [2.05, 4.69) is 36.1 Å². The molecule has 0 spiro atoms. The minimum Gasteiger partial charge on any atom is -0.501 e. The first kappa shape index (κ1) is 22.4. The average molecular weight is 460 g/mol. The fraction of sp³-hybridized carbons (Fsp3) is 0.227.